The second-order valence-electron chi connectivity index (χ2n) is 7.15. The standard InChI is InChI=1S/C20H19F3N6OS/c1-12-6-13(15-9-26-18(31-15)11-29-5-4-24-17(30)10-29)8-14(7-12)27-19-25-3-2-16(28-19)20(21,22)23/h2-3,6-9H,4-5,10-11H2,1H3,(H,24,30)(H,25,27,28). The highest BCUT2D eigenvalue weighted by Gasteiger charge is 2.32. The van der Waals surface area contributed by atoms with Crippen LogP contribution in [0.1, 0.15) is 16.3 Å². The molecule has 3 heterocycles. The third kappa shape index (κ3) is 5.36. The summed E-state index contributed by atoms with van der Waals surface area (Å²) in [6.07, 6.45) is -1.69. The van der Waals surface area contributed by atoms with Crippen LogP contribution in [0, 0.1) is 6.92 Å². The summed E-state index contributed by atoms with van der Waals surface area (Å²) < 4.78 is 38.7. The zero-order valence-electron chi connectivity index (χ0n) is 16.5. The van der Waals surface area contributed by atoms with Crippen LogP contribution in [0.25, 0.3) is 10.4 Å². The number of hydrogen-bond acceptors (Lipinski definition) is 7. The average molecular weight is 448 g/mol. The molecule has 2 aromatic heterocycles. The molecule has 0 aliphatic carbocycles. The molecule has 4 rings (SSSR count). The summed E-state index contributed by atoms with van der Waals surface area (Å²) in [5.74, 6) is -0.117. The fourth-order valence-corrected chi connectivity index (χ4v) is 4.19. The van der Waals surface area contributed by atoms with Crippen LogP contribution in [0.2, 0.25) is 0 Å². The number of aryl methyl sites for hydroxylation is 1. The minimum absolute atomic E-state index is 0.00856. The Hall–Kier alpha value is -3.05. The summed E-state index contributed by atoms with van der Waals surface area (Å²) in [5.41, 5.74) is 1.39. The van der Waals surface area contributed by atoms with Gasteiger partial charge in [-0.05, 0) is 36.2 Å². The number of carbonyl (C=O) groups is 1. The summed E-state index contributed by atoms with van der Waals surface area (Å²) >= 11 is 1.52. The molecular weight excluding hydrogens is 429 g/mol. The van der Waals surface area contributed by atoms with Crippen molar-refractivity contribution in [3.8, 4) is 10.4 Å². The predicted octanol–water partition coefficient (Wildman–Crippen LogP) is 3.60. The molecule has 0 radical (unpaired) electrons. The number of aromatic nitrogens is 3. The van der Waals surface area contributed by atoms with Gasteiger partial charge in [0.1, 0.15) is 10.7 Å². The zero-order valence-corrected chi connectivity index (χ0v) is 17.3. The number of hydrogen-bond donors (Lipinski definition) is 2. The molecule has 1 fully saturated rings. The zero-order chi connectivity index (χ0) is 22.0. The maximum atomic E-state index is 12.9. The lowest BCUT2D eigenvalue weighted by molar-refractivity contribution is -0.141. The van der Waals surface area contributed by atoms with Gasteiger partial charge in [0.2, 0.25) is 11.9 Å². The van der Waals surface area contributed by atoms with Crippen LogP contribution in [0.15, 0.2) is 36.7 Å². The van der Waals surface area contributed by atoms with Crippen LogP contribution in [-0.4, -0.2) is 45.4 Å². The highest BCUT2D eigenvalue weighted by Crippen LogP contribution is 2.32. The molecule has 1 aliphatic rings. The Balaban J connectivity index is 1.52. The van der Waals surface area contributed by atoms with E-state index in [0.29, 0.717) is 25.3 Å². The van der Waals surface area contributed by atoms with Gasteiger partial charge in [0.25, 0.3) is 0 Å². The van der Waals surface area contributed by atoms with E-state index in [0.717, 1.165) is 39.8 Å². The van der Waals surface area contributed by atoms with Gasteiger partial charge in [-0.1, -0.05) is 6.07 Å². The molecule has 7 nitrogen and oxygen atoms in total. The molecule has 162 valence electrons. The number of halogens is 3. The fourth-order valence-electron chi connectivity index (χ4n) is 3.24. The van der Waals surface area contributed by atoms with E-state index in [1.54, 1.807) is 12.3 Å². The van der Waals surface area contributed by atoms with Gasteiger partial charge in [-0.25, -0.2) is 15.0 Å². The SMILES string of the molecule is Cc1cc(Nc2nccc(C(F)(F)F)n2)cc(-c2cnc(CN3CCNC(=O)C3)s2)c1. The number of thiazole rings is 1. The Kier molecular flexibility index (Phi) is 5.88. The second kappa shape index (κ2) is 8.60. The molecule has 0 spiro atoms. The van der Waals surface area contributed by atoms with Crippen LogP contribution in [-0.2, 0) is 17.5 Å². The van der Waals surface area contributed by atoms with Crippen molar-refractivity contribution in [2.75, 3.05) is 25.0 Å². The second-order valence-corrected chi connectivity index (χ2v) is 8.27. The minimum Gasteiger partial charge on any atom is -0.354 e. The summed E-state index contributed by atoms with van der Waals surface area (Å²) in [5, 5.41) is 6.54. The first-order valence-electron chi connectivity index (χ1n) is 9.49. The van der Waals surface area contributed by atoms with Crippen molar-refractivity contribution in [3.63, 3.8) is 0 Å². The Labute approximate surface area is 180 Å². The van der Waals surface area contributed by atoms with Crippen molar-refractivity contribution in [2.24, 2.45) is 0 Å². The third-order valence-corrected chi connectivity index (χ3v) is 5.63. The third-order valence-electron chi connectivity index (χ3n) is 4.59. The van der Waals surface area contributed by atoms with Crippen LogP contribution in [0.4, 0.5) is 24.8 Å². The van der Waals surface area contributed by atoms with Gasteiger partial charge < -0.3 is 10.6 Å². The summed E-state index contributed by atoms with van der Waals surface area (Å²) in [4.78, 5) is 26.4. The van der Waals surface area contributed by atoms with E-state index < -0.39 is 11.9 Å². The molecule has 31 heavy (non-hydrogen) atoms. The number of amides is 1. The Bertz CT molecular complexity index is 1100. The molecule has 0 atom stereocenters. The first kappa shape index (κ1) is 21.2. The van der Waals surface area contributed by atoms with Crippen molar-refractivity contribution in [2.45, 2.75) is 19.6 Å². The Morgan fingerprint density at radius 3 is 2.87 bits per heavy atom. The first-order chi connectivity index (χ1) is 14.8. The number of alkyl halides is 3. The lowest BCUT2D eigenvalue weighted by Gasteiger charge is -2.25. The van der Waals surface area contributed by atoms with E-state index in [1.807, 2.05) is 24.0 Å². The molecule has 0 unspecified atom stereocenters. The molecule has 0 saturated carbocycles. The number of nitrogens with zero attached hydrogens (tertiary/aromatic N) is 4. The van der Waals surface area contributed by atoms with Crippen molar-refractivity contribution < 1.29 is 18.0 Å². The lowest BCUT2D eigenvalue weighted by Crippen LogP contribution is -2.47. The van der Waals surface area contributed by atoms with Crippen LogP contribution in [0.3, 0.4) is 0 Å². The van der Waals surface area contributed by atoms with Crippen molar-refractivity contribution in [3.05, 3.63) is 52.9 Å². The molecule has 1 saturated heterocycles. The molecule has 3 aromatic rings. The molecule has 0 bridgehead atoms. The first-order valence-corrected chi connectivity index (χ1v) is 10.3. The van der Waals surface area contributed by atoms with Gasteiger partial charge in [-0.15, -0.1) is 11.3 Å². The van der Waals surface area contributed by atoms with Gasteiger partial charge in [-0.3, -0.25) is 9.69 Å². The number of anilines is 2. The van der Waals surface area contributed by atoms with E-state index in [2.05, 4.69) is 25.6 Å². The van der Waals surface area contributed by atoms with E-state index >= 15 is 0 Å². The number of nitrogens with one attached hydrogen (secondary N) is 2. The number of piperazine rings is 1. The van der Waals surface area contributed by atoms with Crippen LogP contribution in [0.5, 0.6) is 0 Å². The van der Waals surface area contributed by atoms with Gasteiger partial charge in [0.05, 0.1) is 18.0 Å². The average Bonchev–Trinajstić information content (AvgIpc) is 3.16. The normalized spacial score (nSPS) is 15.0. The molecule has 11 heteroatoms. The summed E-state index contributed by atoms with van der Waals surface area (Å²) in [7, 11) is 0. The van der Waals surface area contributed by atoms with E-state index in [9.17, 15) is 18.0 Å². The Morgan fingerprint density at radius 1 is 1.26 bits per heavy atom. The van der Waals surface area contributed by atoms with Crippen molar-refractivity contribution in [1.29, 1.82) is 0 Å². The topological polar surface area (TPSA) is 83.0 Å². The van der Waals surface area contributed by atoms with Crippen molar-refractivity contribution in [1.82, 2.24) is 25.2 Å². The highest BCUT2D eigenvalue weighted by molar-refractivity contribution is 7.15. The summed E-state index contributed by atoms with van der Waals surface area (Å²) in [6.45, 7) is 4.24. The van der Waals surface area contributed by atoms with E-state index in [1.165, 1.54) is 11.3 Å². The van der Waals surface area contributed by atoms with Gasteiger partial charge in [-0.2, -0.15) is 13.2 Å². The molecule has 1 amide bonds. The minimum atomic E-state index is -4.54. The van der Waals surface area contributed by atoms with Gasteiger partial charge >= 0.3 is 6.18 Å². The number of rotatable bonds is 5. The maximum Gasteiger partial charge on any atom is 0.433 e. The quantitative estimate of drug-likeness (QED) is 0.621. The highest BCUT2D eigenvalue weighted by atomic mass is 32.1. The Morgan fingerprint density at radius 2 is 2.10 bits per heavy atom. The van der Waals surface area contributed by atoms with Gasteiger partial charge in [0.15, 0.2) is 0 Å². The largest absolute Gasteiger partial charge is 0.433 e. The predicted molar refractivity (Wildman–Crippen MR) is 111 cm³/mol. The fraction of sp³-hybridized carbons (Fsp3) is 0.300. The van der Waals surface area contributed by atoms with E-state index in [4.69, 9.17) is 0 Å². The monoisotopic (exact) mass is 448 g/mol. The maximum absolute atomic E-state index is 12.9. The van der Waals surface area contributed by atoms with Crippen LogP contribution >= 0.6 is 11.3 Å². The smallest absolute Gasteiger partial charge is 0.354 e. The molecule has 2 N–H and O–H groups in total. The number of benzene rings is 1. The number of carbonyl (C=O) groups excluding carboxylic acids is 1. The molecular formula is C20H19F3N6OS. The summed E-state index contributed by atoms with van der Waals surface area (Å²) in [6, 6.07) is 6.44. The lowest BCUT2D eigenvalue weighted by atomic mass is 10.1. The molecule has 1 aliphatic heterocycles. The van der Waals surface area contributed by atoms with Gasteiger partial charge in [0, 0.05) is 31.2 Å². The molecule has 1 aromatic carbocycles. The van der Waals surface area contributed by atoms with Crippen molar-refractivity contribution >= 4 is 28.9 Å². The van der Waals surface area contributed by atoms with E-state index in [-0.39, 0.29) is 11.9 Å². The van der Waals surface area contributed by atoms with Crippen LogP contribution < -0.4 is 10.6 Å².